The number of amides is 1. The third-order valence-corrected chi connectivity index (χ3v) is 5.46. The van der Waals surface area contributed by atoms with Crippen LogP contribution in [0.2, 0.25) is 0 Å². The van der Waals surface area contributed by atoms with Crippen molar-refractivity contribution in [2.24, 2.45) is 5.92 Å². The van der Waals surface area contributed by atoms with Crippen LogP contribution in [0.4, 0.5) is 5.82 Å². The molecule has 1 aliphatic rings. The summed E-state index contributed by atoms with van der Waals surface area (Å²) in [5.74, 6) is 1.51. The van der Waals surface area contributed by atoms with Crippen LogP contribution in [0, 0.1) is 12.8 Å². The molecule has 4 rings (SSSR count). The molecule has 1 unspecified atom stereocenters. The van der Waals surface area contributed by atoms with E-state index >= 15 is 0 Å². The number of aromatic nitrogens is 1. The highest BCUT2D eigenvalue weighted by Gasteiger charge is 2.20. The summed E-state index contributed by atoms with van der Waals surface area (Å²) in [4.78, 5) is 20.2. The Morgan fingerprint density at radius 2 is 2.04 bits per heavy atom. The third-order valence-electron chi connectivity index (χ3n) is 5.46. The summed E-state index contributed by atoms with van der Waals surface area (Å²) in [6, 6.07) is 18.1. The van der Waals surface area contributed by atoms with E-state index in [1.54, 1.807) is 0 Å². The zero-order valence-corrected chi connectivity index (χ0v) is 16.6. The molecule has 3 aromatic rings. The molecule has 1 aromatic heterocycles. The predicted octanol–water partition coefficient (Wildman–Crippen LogP) is 4.71. The second-order valence-electron chi connectivity index (χ2n) is 7.91. The Labute approximate surface area is 166 Å². The van der Waals surface area contributed by atoms with Crippen molar-refractivity contribution in [1.29, 1.82) is 0 Å². The van der Waals surface area contributed by atoms with Gasteiger partial charge in [0.25, 0.3) is 5.91 Å². The number of carbonyl (C=O) groups is 1. The fraction of sp³-hybridized carbons (Fsp3) is 0.333. The highest BCUT2D eigenvalue weighted by atomic mass is 16.1. The number of piperidine rings is 1. The standard InChI is InChI=1S/C24H27N3O/c1-17-7-5-9-19(13-17)15-25-24(28)21-14-23(27-12-6-8-18(2)16-27)26-22-11-4-3-10-20(21)22/h3-5,7,9-11,13-14,18H,6,8,12,15-16H2,1-2H3,(H,25,28). The van der Waals surface area contributed by atoms with Gasteiger partial charge in [0.05, 0.1) is 11.1 Å². The van der Waals surface area contributed by atoms with E-state index in [1.165, 1.54) is 18.4 Å². The molecule has 1 N–H and O–H groups in total. The van der Waals surface area contributed by atoms with Crippen LogP contribution in [-0.2, 0) is 6.54 Å². The molecule has 2 heterocycles. The van der Waals surface area contributed by atoms with E-state index in [4.69, 9.17) is 4.98 Å². The fourth-order valence-corrected chi connectivity index (χ4v) is 4.01. The number of rotatable bonds is 4. The molecule has 1 fully saturated rings. The number of nitrogens with one attached hydrogen (secondary N) is 1. The van der Waals surface area contributed by atoms with Gasteiger partial charge in [0.15, 0.2) is 0 Å². The molecule has 144 valence electrons. The first-order valence-electron chi connectivity index (χ1n) is 10.1. The summed E-state index contributed by atoms with van der Waals surface area (Å²) in [6.45, 7) is 6.86. The summed E-state index contributed by atoms with van der Waals surface area (Å²) in [5.41, 5.74) is 3.88. The largest absolute Gasteiger partial charge is 0.356 e. The summed E-state index contributed by atoms with van der Waals surface area (Å²) in [7, 11) is 0. The Morgan fingerprint density at radius 3 is 2.86 bits per heavy atom. The SMILES string of the molecule is Cc1cccc(CNC(=O)c2cc(N3CCCC(C)C3)nc3ccccc23)c1. The van der Waals surface area contributed by atoms with E-state index in [0.29, 0.717) is 18.0 Å². The maximum absolute atomic E-state index is 13.1. The molecule has 0 saturated carbocycles. The van der Waals surface area contributed by atoms with Gasteiger partial charge in [0.1, 0.15) is 5.82 Å². The number of carbonyl (C=O) groups excluding carboxylic acids is 1. The summed E-state index contributed by atoms with van der Waals surface area (Å²) in [5, 5.41) is 3.99. The summed E-state index contributed by atoms with van der Waals surface area (Å²) >= 11 is 0. The van der Waals surface area contributed by atoms with Gasteiger partial charge in [0, 0.05) is 25.0 Å². The number of aryl methyl sites for hydroxylation is 1. The number of para-hydroxylation sites is 1. The summed E-state index contributed by atoms with van der Waals surface area (Å²) in [6.07, 6.45) is 2.43. The molecule has 0 spiro atoms. The van der Waals surface area contributed by atoms with E-state index in [0.717, 1.165) is 35.4 Å². The van der Waals surface area contributed by atoms with Crippen molar-refractivity contribution in [3.05, 3.63) is 71.3 Å². The lowest BCUT2D eigenvalue weighted by Gasteiger charge is -2.32. The first kappa shape index (κ1) is 18.5. The second kappa shape index (κ2) is 8.01. The number of benzene rings is 2. The first-order valence-corrected chi connectivity index (χ1v) is 10.1. The van der Waals surface area contributed by atoms with Crippen molar-refractivity contribution in [2.75, 3.05) is 18.0 Å². The number of hydrogen-bond donors (Lipinski definition) is 1. The second-order valence-corrected chi connectivity index (χ2v) is 7.91. The molecule has 2 aromatic carbocycles. The average molecular weight is 374 g/mol. The molecule has 0 aliphatic carbocycles. The molecule has 1 aliphatic heterocycles. The van der Waals surface area contributed by atoms with E-state index in [1.807, 2.05) is 42.5 Å². The van der Waals surface area contributed by atoms with Crippen LogP contribution in [0.3, 0.4) is 0 Å². The minimum Gasteiger partial charge on any atom is -0.356 e. The Hall–Kier alpha value is -2.88. The van der Waals surface area contributed by atoms with Gasteiger partial charge in [-0.2, -0.15) is 0 Å². The minimum absolute atomic E-state index is 0.0496. The number of anilines is 1. The lowest BCUT2D eigenvalue weighted by molar-refractivity contribution is 0.0952. The van der Waals surface area contributed by atoms with Crippen LogP contribution >= 0.6 is 0 Å². The maximum atomic E-state index is 13.1. The van der Waals surface area contributed by atoms with Crippen molar-refractivity contribution in [2.45, 2.75) is 33.2 Å². The maximum Gasteiger partial charge on any atom is 0.252 e. The monoisotopic (exact) mass is 373 g/mol. The molecule has 28 heavy (non-hydrogen) atoms. The van der Waals surface area contributed by atoms with Crippen molar-refractivity contribution in [3.8, 4) is 0 Å². The zero-order chi connectivity index (χ0) is 19.5. The van der Waals surface area contributed by atoms with Crippen molar-refractivity contribution >= 4 is 22.6 Å². The minimum atomic E-state index is -0.0496. The molecule has 4 nitrogen and oxygen atoms in total. The van der Waals surface area contributed by atoms with Gasteiger partial charge in [0.2, 0.25) is 0 Å². The van der Waals surface area contributed by atoms with Crippen LogP contribution in [0.25, 0.3) is 10.9 Å². The molecule has 1 saturated heterocycles. The zero-order valence-electron chi connectivity index (χ0n) is 16.6. The topological polar surface area (TPSA) is 45.2 Å². The number of fused-ring (bicyclic) bond motifs is 1. The summed E-state index contributed by atoms with van der Waals surface area (Å²) < 4.78 is 0. The van der Waals surface area contributed by atoms with Gasteiger partial charge in [-0.25, -0.2) is 4.98 Å². The predicted molar refractivity (Wildman–Crippen MR) is 115 cm³/mol. The Balaban J connectivity index is 1.63. The van der Waals surface area contributed by atoms with Crippen LogP contribution in [0.1, 0.15) is 41.3 Å². The number of pyridine rings is 1. The van der Waals surface area contributed by atoms with Crippen LogP contribution in [0.5, 0.6) is 0 Å². The van der Waals surface area contributed by atoms with E-state index in [-0.39, 0.29) is 5.91 Å². The van der Waals surface area contributed by atoms with Crippen LogP contribution < -0.4 is 10.2 Å². The highest BCUT2D eigenvalue weighted by Crippen LogP contribution is 2.26. The van der Waals surface area contributed by atoms with Gasteiger partial charge in [-0.3, -0.25) is 4.79 Å². The van der Waals surface area contributed by atoms with E-state index < -0.39 is 0 Å². The van der Waals surface area contributed by atoms with Crippen molar-refractivity contribution in [1.82, 2.24) is 10.3 Å². The van der Waals surface area contributed by atoms with Crippen LogP contribution in [0.15, 0.2) is 54.6 Å². The molecule has 0 bridgehead atoms. The Bertz CT molecular complexity index is 998. The fourth-order valence-electron chi connectivity index (χ4n) is 4.01. The highest BCUT2D eigenvalue weighted by molar-refractivity contribution is 6.07. The quantitative estimate of drug-likeness (QED) is 0.720. The molecule has 1 atom stereocenters. The van der Waals surface area contributed by atoms with Gasteiger partial charge in [-0.15, -0.1) is 0 Å². The normalized spacial score (nSPS) is 16.9. The lowest BCUT2D eigenvalue weighted by Crippen LogP contribution is -2.35. The van der Waals surface area contributed by atoms with Gasteiger partial charge in [-0.1, -0.05) is 55.0 Å². The van der Waals surface area contributed by atoms with E-state index in [9.17, 15) is 4.79 Å². The van der Waals surface area contributed by atoms with E-state index in [2.05, 4.69) is 36.2 Å². The van der Waals surface area contributed by atoms with Gasteiger partial charge < -0.3 is 10.2 Å². The number of nitrogens with zero attached hydrogens (tertiary/aromatic N) is 2. The van der Waals surface area contributed by atoms with Gasteiger partial charge >= 0.3 is 0 Å². The van der Waals surface area contributed by atoms with Crippen LogP contribution in [-0.4, -0.2) is 24.0 Å². The average Bonchev–Trinajstić information content (AvgIpc) is 2.71. The first-order chi connectivity index (χ1) is 13.6. The molecular formula is C24H27N3O. The van der Waals surface area contributed by atoms with Gasteiger partial charge in [-0.05, 0) is 43.4 Å². The number of hydrogen-bond acceptors (Lipinski definition) is 3. The molecule has 1 amide bonds. The Kier molecular flexibility index (Phi) is 5.29. The molecule has 0 radical (unpaired) electrons. The lowest BCUT2D eigenvalue weighted by atomic mass is 10.00. The van der Waals surface area contributed by atoms with Crippen molar-refractivity contribution in [3.63, 3.8) is 0 Å². The smallest absolute Gasteiger partial charge is 0.252 e. The molecular weight excluding hydrogens is 346 g/mol. The van der Waals surface area contributed by atoms with Crippen molar-refractivity contribution < 1.29 is 4.79 Å². The Morgan fingerprint density at radius 1 is 1.18 bits per heavy atom. The molecule has 4 heteroatoms. The third kappa shape index (κ3) is 4.01.